The Bertz CT molecular complexity index is 379. The monoisotopic (exact) mass is 237 g/mol. The average molecular weight is 237 g/mol. The molecule has 5 nitrogen and oxygen atoms in total. The van der Waals surface area contributed by atoms with Gasteiger partial charge in [0.2, 0.25) is 5.89 Å². The van der Waals surface area contributed by atoms with Crippen molar-refractivity contribution in [1.82, 2.24) is 10.1 Å². The van der Waals surface area contributed by atoms with E-state index in [0.717, 1.165) is 37.6 Å². The van der Waals surface area contributed by atoms with Gasteiger partial charge in [-0.15, -0.1) is 0 Å². The van der Waals surface area contributed by atoms with Crippen molar-refractivity contribution in [3.63, 3.8) is 0 Å². The van der Waals surface area contributed by atoms with E-state index in [1.54, 1.807) is 0 Å². The first kappa shape index (κ1) is 11.2. The van der Waals surface area contributed by atoms with Gasteiger partial charge in [0.05, 0.1) is 12.0 Å². The molecule has 2 N–H and O–H groups in total. The summed E-state index contributed by atoms with van der Waals surface area (Å²) in [6.07, 6.45) is 5.57. The summed E-state index contributed by atoms with van der Waals surface area (Å²) in [7, 11) is 0. The predicted octanol–water partition coefficient (Wildman–Crippen LogP) is 1.34. The maximum absolute atomic E-state index is 5.91. The molecule has 0 radical (unpaired) electrons. The maximum Gasteiger partial charge on any atom is 0.234 e. The molecule has 1 atom stereocenters. The van der Waals surface area contributed by atoms with Crippen LogP contribution in [0.15, 0.2) is 4.52 Å². The first-order valence-electron chi connectivity index (χ1n) is 6.46. The van der Waals surface area contributed by atoms with Crippen LogP contribution in [0.1, 0.15) is 49.7 Å². The molecule has 1 unspecified atom stereocenters. The molecular formula is C12H19N3O2. The third kappa shape index (κ3) is 1.87. The summed E-state index contributed by atoms with van der Waals surface area (Å²) in [6.45, 7) is 2.13. The molecule has 5 heteroatoms. The third-order valence-corrected chi connectivity index (χ3v) is 4.14. The fourth-order valence-corrected chi connectivity index (χ4v) is 2.91. The van der Waals surface area contributed by atoms with Crippen molar-refractivity contribution in [2.45, 2.75) is 43.4 Å². The van der Waals surface area contributed by atoms with Crippen molar-refractivity contribution < 1.29 is 9.26 Å². The Labute approximate surface area is 101 Å². The van der Waals surface area contributed by atoms with E-state index in [-0.39, 0.29) is 5.41 Å². The van der Waals surface area contributed by atoms with Crippen molar-refractivity contribution in [1.29, 1.82) is 0 Å². The van der Waals surface area contributed by atoms with E-state index in [0.29, 0.717) is 19.1 Å². The minimum absolute atomic E-state index is 0.0509. The summed E-state index contributed by atoms with van der Waals surface area (Å²) in [5, 5.41) is 4.11. The zero-order valence-electron chi connectivity index (χ0n) is 10.0. The van der Waals surface area contributed by atoms with Crippen molar-refractivity contribution >= 4 is 0 Å². The molecule has 2 aliphatic rings. The van der Waals surface area contributed by atoms with E-state index in [2.05, 4.69) is 10.1 Å². The molecule has 0 spiro atoms. The number of nitrogens with zero attached hydrogens (tertiary/aromatic N) is 2. The number of nitrogens with two attached hydrogens (primary N) is 1. The van der Waals surface area contributed by atoms with E-state index in [9.17, 15) is 0 Å². The van der Waals surface area contributed by atoms with Crippen molar-refractivity contribution in [2.24, 2.45) is 5.73 Å². The van der Waals surface area contributed by atoms with Gasteiger partial charge in [0.1, 0.15) is 0 Å². The SMILES string of the molecule is NCC1(c2nc(C3CCOC3)no2)CCCC1. The zero-order chi connectivity index (χ0) is 11.7. The lowest BCUT2D eigenvalue weighted by Gasteiger charge is -2.21. The molecule has 1 aromatic rings. The van der Waals surface area contributed by atoms with Gasteiger partial charge in [-0.1, -0.05) is 18.0 Å². The van der Waals surface area contributed by atoms with E-state index < -0.39 is 0 Å². The van der Waals surface area contributed by atoms with Crippen LogP contribution >= 0.6 is 0 Å². The topological polar surface area (TPSA) is 74.2 Å². The summed E-state index contributed by atoms with van der Waals surface area (Å²) in [6, 6.07) is 0. The van der Waals surface area contributed by atoms with Crippen LogP contribution in [-0.2, 0) is 10.2 Å². The second-order valence-corrected chi connectivity index (χ2v) is 5.21. The molecule has 1 aliphatic heterocycles. The Hall–Kier alpha value is -0.940. The number of ether oxygens (including phenoxy) is 1. The Morgan fingerprint density at radius 2 is 2.18 bits per heavy atom. The molecule has 94 valence electrons. The molecule has 3 rings (SSSR count). The fraction of sp³-hybridized carbons (Fsp3) is 0.833. The molecule has 1 aromatic heterocycles. The largest absolute Gasteiger partial charge is 0.381 e. The van der Waals surface area contributed by atoms with Crippen molar-refractivity contribution in [3.8, 4) is 0 Å². The lowest BCUT2D eigenvalue weighted by molar-refractivity contribution is 0.192. The van der Waals surface area contributed by atoms with Gasteiger partial charge in [-0.2, -0.15) is 4.98 Å². The van der Waals surface area contributed by atoms with Gasteiger partial charge in [0, 0.05) is 19.1 Å². The third-order valence-electron chi connectivity index (χ3n) is 4.14. The van der Waals surface area contributed by atoms with Crippen LogP contribution < -0.4 is 5.73 Å². The highest BCUT2D eigenvalue weighted by Gasteiger charge is 2.40. The number of rotatable bonds is 3. The Morgan fingerprint density at radius 3 is 2.82 bits per heavy atom. The summed E-state index contributed by atoms with van der Waals surface area (Å²) < 4.78 is 10.8. The molecule has 0 amide bonds. The van der Waals surface area contributed by atoms with Crippen LogP contribution in [0.2, 0.25) is 0 Å². The van der Waals surface area contributed by atoms with Crippen molar-refractivity contribution in [3.05, 3.63) is 11.7 Å². The molecule has 2 fully saturated rings. The molecular weight excluding hydrogens is 218 g/mol. The van der Waals surface area contributed by atoms with Gasteiger partial charge in [0.25, 0.3) is 0 Å². The first-order chi connectivity index (χ1) is 8.34. The van der Waals surface area contributed by atoms with E-state index in [1.807, 2.05) is 0 Å². The highest BCUT2D eigenvalue weighted by Crippen LogP contribution is 2.39. The van der Waals surface area contributed by atoms with Crippen LogP contribution in [0.4, 0.5) is 0 Å². The second-order valence-electron chi connectivity index (χ2n) is 5.21. The highest BCUT2D eigenvalue weighted by molar-refractivity contribution is 5.10. The molecule has 0 bridgehead atoms. The normalized spacial score (nSPS) is 27.7. The van der Waals surface area contributed by atoms with Gasteiger partial charge >= 0.3 is 0 Å². The van der Waals surface area contributed by atoms with E-state index in [4.69, 9.17) is 15.0 Å². The lowest BCUT2D eigenvalue weighted by Crippen LogP contribution is -2.32. The molecule has 2 heterocycles. The molecule has 1 aliphatic carbocycles. The smallest absolute Gasteiger partial charge is 0.234 e. The first-order valence-corrected chi connectivity index (χ1v) is 6.46. The number of hydrogen-bond acceptors (Lipinski definition) is 5. The van der Waals surface area contributed by atoms with Gasteiger partial charge in [0.15, 0.2) is 5.82 Å². The Morgan fingerprint density at radius 1 is 1.35 bits per heavy atom. The standard InChI is InChI=1S/C12H19N3O2/c13-8-12(4-1-2-5-12)11-14-10(15-17-11)9-3-6-16-7-9/h9H,1-8,13H2. The van der Waals surface area contributed by atoms with Crippen LogP contribution in [0.3, 0.4) is 0 Å². The average Bonchev–Trinajstić information content (AvgIpc) is 3.10. The van der Waals surface area contributed by atoms with E-state index >= 15 is 0 Å². The minimum atomic E-state index is -0.0509. The van der Waals surface area contributed by atoms with Crippen LogP contribution in [0, 0.1) is 0 Å². The van der Waals surface area contributed by atoms with Crippen LogP contribution in [-0.4, -0.2) is 29.9 Å². The predicted molar refractivity (Wildman–Crippen MR) is 61.7 cm³/mol. The van der Waals surface area contributed by atoms with Gasteiger partial charge in [-0.25, -0.2) is 0 Å². The quantitative estimate of drug-likeness (QED) is 0.858. The van der Waals surface area contributed by atoms with Crippen LogP contribution in [0.25, 0.3) is 0 Å². The number of aromatic nitrogens is 2. The number of hydrogen-bond donors (Lipinski definition) is 1. The lowest BCUT2D eigenvalue weighted by atomic mass is 9.86. The maximum atomic E-state index is 5.91. The van der Waals surface area contributed by atoms with E-state index in [1.165, 1.54) is 12.8 Å². The molecule has 17 heavy (non-hydrogen) atoms. The summed E-state index contributed by atoms with van der Waals surface area (Å²) in [5.74, 6) is 1.86. The van der Waals surface area contributed by atoms with Crippen molar-refractivity contribution in [2.75, 3.05) is 19.8 Å². The van der Waals surface area contributed by atoms with Gasteiger partial charge < -0.3 is 15.0 Å². The summed E-state index contributed by atoms with van der Waals surface area (Å²) in [5.41, 5.74) is 5.86. The molecule has 0 aromatic carbocycles. The highest BCUT2D eigenvalue weighted by atomic mass is 16.5. The fourth-order valence-electron chi connectivity index (χ4n) is 2.91. The van der Waals surface area contributed by atoms with Crippen LogP contribution in [0.5, 0.6) is 0 Å². The van der Waals surface area contributed by atoms with Gasteiger partial charge in [-0.05, 0) is 19.3 Å². The summed E-state index contributed by atoms with van der Waals surface area (Å²) >= 11 is 0. The molecule has 1 saturated heterocycles. The Kier molecular flexibility index (Phi) is 2.88. The zero-order valence-corrected chi connectivity index (χ0v) is 10.0. The summed E-state index contributed by atoms with van der Waals surface area (Å²) in [4.78, 5) is 4.58. The Balaban J connectivity index is 1.83. The second kappa shape index (κ2) is 4.38. The molecule has 1 saturated carbocycles. The minimum Gasteiger partial charge on any atom is -0.381 e. The van der Waals surface area contributed by atoms with Gasteiger partial charge in [-0.3, -0.25) is 0 Å².